The molecular weight excluding hydrogens is 258 g/mol. The average molecular weight is 271 g/mol. The van der Waals surface area contributed by atoms with Crippen LogP contribution in [0.1, 0.15) is 5.56 Å². The zero-order valence-corrected chi connectivity index (χ0v) is 10.9. The van der Waals surface area contributed by atoms with E-state index in [1.54, 1.807) is 31.4 Å². The maximum absolute atomic E-state index is 12.1. The lowest BCUT2D eigenvalue weighted by atomic mass is 10.2. The van der Waals surface area contributed by atoms with Gasteiger partial charge in [0.05, 0.1) is 19.9 Å². The Morgan fingerprint density at radius 1 is 1.25 bits per heavy atom. The first-order valence-corrected chi connectivity index (χ1v) is 5.86. The summed E-state index contributed by atoms with van der Waals surface area (Å²) < 4.78 is 7.28. The molecule has 0 fully saturated rings. The van der Waals surface area contributed by atoms with Crippen molar-refractivity contribution < 1.29 is 4.74 Å². The zero-order chi connectivity index (χ0) is 14.5. The highest BCUT2D eigenvalue weighted by molar-refractivity contribution is 5.65. The molecule has 0 amide bonds. The van der Waals surface area contributed by atoms with Crippen molar-refractivity contribution in [2.75, 3.05) is 7.11 Å². The van der Waals surface area contributed by atoms with E-state index < -0.39 is 5.69 Å². The monoisotopic (exact) mass is 271 g/mol. The van der Waals surface area contributed by atoms with Gasteiger partial charge in [0.2, 0.25) is 0 Å². The Hall–Kier alpha value is -2.85. The molecule has 0 aliphatic heterocycles. The summed E-state index contributed by atoms with van der Waals surface area (Å²) in [7, 11) is 1.57. The van der Waals surface area contributed by atoms with E-state index in [0.29, 0.717) is 5.75 Å². The second-order valence-corrected chi connectivity index (χ2v) is 4.05. The predicted molar refractivity (Wildman–Crippen MR) is 75.5 cm³/mol. The van der Waals surface area contributed by atoms with Crippen molar-refractivity contribution >= 4 is 12.1 Å². The van der Waals surface area contributed by atoms with Crippen molar-refractivity contribution in [2.24, 2.45) is 0 Å². The van der Waals surface area contributed by atoms with Crippen LogP contribution in [0.15, 0.2) is 46.1 Å². The fourth-order valence-electron chi connectivity index (χ4n) is 1.76. The summed E-state index contributed by atoms with van der Waals surface area (Å²) in [6.45, 7) is 0.161. The molecule has 2 rings (SSSR count). The van der Waals surface area contributed by atoms with Gasteiger partial charge in [-0.05, 0) is 23.6 Å². The summed E-state index contributed by atoms with van der Waals surface area (Å²) >= 11 is 0. The SMILES string of the molecule is COc1ccc(Cn2c(=O)ccn(C=C=N)c2=O)cc1. The van der Waals surface area contributed by atoms with Gasteiger partial charge in [-0.15, -0.1) is 0 Å². The number of benzene rings is 1. The lowest BCUT2D eigenvalue weighted by Gasteiger charge is -2.07. The molecule has 0 spiro atoms. The Labute approximate surface area is 114 Å². The number of methoxy groups -OCH3 is 1. The van der Waals surface area contributed by atoms with Crippen molar-refractivity contribution in [3.63, 3.8) is 0 Å². The molecule has 1 N–H and O–H groups in total. The molecule has 1 aromatic carbocycles. The smallest absolute Gasteiger partial charge is 0.335 e. The summed E-state index contributed by atoms with van der Waals surface area (Å²) in [5.74, 6) is 2.71. The van der Waals surface area contributed by atoms with E-state index in [4.69, 9.17) is 10.1 Å². The fraction of sp³-hybridized carbons (Fsp3) is 0.143. The highest BCUT2D eigenvalue weighted by Gasteiger charge is 2.05. The molecule has 0 aliphatic rings. The summed E-state index contributed by atoms with van der Waals surface area (Å²) in [6, 6.07) is 8.38. The van der Waals surface area contributed by atoms with E-state index in [9.17, 15) is 9.59 Å². The van der Waals surface area contributed by atoms with Gasteiger partial charge in [0, 0.05) is 12.3 Å². The summed E-state index contributed by atoms with van der Waals surface area (Å²) in [6.07, 6.45) is 2.48. The van der Waals surface area contributed by atoms with Gasteiger partial charge >= 0.3 is 5.69 Å². The fourth-order valence-corrected chi connectivity index (χ4v) is 1.76. The third kappa shape index (κ3) is 2.76. The van der Waals surface area contributed by atoms with E-state index in [-0.39, 0.29) is 12.1 Å². The Morgan fingerprint density at radius 2 is 1.95 bits per heavy atom. The zero-order valence-electron chi connectivity index (χ0n) is 10.9. The number of nitrogens with one attached hydrogen (secondary N) is 1. The molecule has 0 saturated heterocycles. The van der Waals surface area contributed by atoms with E-state index >= 15 is 0 Å². The number of hydrogen-bond acceptors (Lipinski definition) is 4. The molecule has 0 unspecified atom stereocenters. The van der Waals surface area contributed by atoms with Crippen LogP contribution in [0.2, 0.25) is 0 Å². The Morgan fingerprint density at radius 3 is 2.55 bits per heavy atom. The van der Waals surface area contributed by atoms with Gasteiger partial charge in [-0.25, -0.2) is 4.79 Å². The van der Waals surface area contributed by atoms with Crippen LogP contribution in [0.5, 0.6) is 5.75 Å². The second-order valence-electron chi connectivity index (χ2n) is 4.05. The highest BCUT2D eigenvalue weighted by atomic mass is 16.5. The molecule has 1 heterocycles. The molecular formula is C14H13N3O3. The van der Waals surface area contributed by atoms with Gasteiger partial charge in [0.25, 0.3) is 5.56 Å². The molecule has 102 valence electrons. The van der Waals surface area contributed by atoms with Gasteiger partial charge < -0.3 is 4.74 Å². The Bertz CT molecular complexity index is 765. The molecule has 20 heavy (non-hydrogen) atoms. The van der Waals surface area contributed by atoms with Crippen molar-refractivity contribution in [3.05, 3.63) is 62.9 Å². The van der Waals surface area contributed by atoms with Crippen LogP contribution in [0.3, 0.4) is 0 Å². The molecule has 0 atom stereocenters. The van der Waals surface area contributed by atoms with Gasteiger partial charge in [-0.1, -0.05) is 12.1 Å². The normalized spacial score (nSPS) is 9.85. The number of ether oxygens (including phenoxy) is 1. The van der Waals surface area contributed by atoms with Crippen molar-refractivity contribution in [3.8, 4) is 5.75 Å². The minimum atomic E-state index is -0.506. The predicted octanol–water partition coefficient (Wildman–Crippen LogP) is 0.786. The number of rotatable bonds is 4. The minimum Gasteiger partial charge on any atom is -0.497 e. The van der Waals surface area contributed by atoms with Gasteiger partial charge in [-0.3, -0.25) is 19.3 Å². The van der Waals surface area contributed by atoms with E-state index in [1.807, 2.05) is 5.87 Å². The van der Waals surface area contributed by atoms with Crippen LogP contribution >= 0.6 is 0 Å². The lowest BCUT2D eigenvalue weighted by Crippen LogP contribution is -2.37. The number of hydrogen-bond donors (Lipinski definition) is 1. The first-order valence-electron chi connectivity index (χ1n) is 5.86. The van der Waals surface area contributed by atoms with Gasteiger partial charge in [0.1, 0.15) is 5.75 Å². The van der Waals surface area contributed by atoms with Crippen LogP contribution in [-0.2, 0) is 6.54 Å². The maximum atomic E-state index is 12.1. The maximum Gasteiger partial charge on any atom is 0.335 e. The van der Waals surface area contributed by atoms with Crippen LogP contribution in [0.4, 0.5) is 0 Å². The third-order valence-electron chi connectivity index (χ3n) is 2.80. The van der Waals surface area contributed by atoms with Crippen molar-refractivity contribution in [1.82, 2.24) is 9.13 Å². The summed E-state index contributed by atoms with van der Waals surface area (Å²) in [4.78, 5) is 23.8. The molecule has 0 bridgehead atoms. The largest absolute Gasteiger partial charge is 0.497 e. The van der Waals surface area contributed by atoms with E-state index in [1.165, 1.54) is 12.3 Å². The molecule has 6 nitrogen and oxygen atoms in total. The van der Waals surface area contributed by atoms with Crippen LogP contribution in [0, 0.1) is 5.41 Å². The highest BCUT2D eigenvalue weighted by Crippen LogP contribution is 2.11. The first-order chi connectivity index (χ1) is 9.65. The minimum absolute atomic E-state index is 0.161. The Kier molecular flexibility index (Phi) is 3.98. The van der Waals surface area contributed by atoms with E-state index in [2.05, 4.69) is 0 Å². The van der Waals surface area contributed by atoms with Crippen LogP contribution in [-0.4, -0.2) is 22.1 Å². The standard InChI is InChI=1S/C14H13N3O3/c1-20-12-4-2-11(3-5-12)10-17-13(18)6-8-16(9-7-15)14(17)19/h2-6,8-9,15H,10H2,1H3. The number of aromatic nitrogens is 2. The molecule has 2 aromatic rings. The Balaban J connectivity index is 2.42. The second kappa shape index (κ2) is 5.86. The summed E-state index contributed by atoms with van der Waals surface area (Å²) in [5.41, 5.74) is -0.0879. The van der Waals surface area contributed by atoms with Crippen LogP contribution < -0.4 is 16.0 Å². The molecule has 0 aliphatic carbocycles. The van der Waals surface area contributed by atoms with Gasteiger partial charge in [0.15, 0.2) is 0 Å². The third-order valence-corrected chi connectivity index (χ3v) is 2.80. The molecule has 0 radical (unpaired) electrons. The summed E-state index contributed by atoms with van der Waals surface area (Å²) in [5, 5.41) is 6.86. The quantitative estimate of drug-likeness (QED) is 0.835. The van der Waals surface area contributed by atoms with Crippen LogP contribution in [0.25, 0.3) is 6.20 Å². The van der Waals surface area contributed by atoms with Crippen molar-refractivity contribution in [1.29, 1.82) is 5.41 Å². The topological polar surface area (TPSA) is 77.1 Å². The van der Waals surface area contributed by atoms with Crippen molar-refractivity contribution in [2.45, 2.75) is 6.54 Å². The average Bonchev–Trinajstić information content (AvgIpc) is 2.47. The molecule has 0 saturated carbocycles. The molecule has 6 heteroatoms. The number of nitrogens with zero attached hydrogens (tertiary/aromatic N) is 2. The molecule has 1 aromatic heterocycles. The van der Waals surface area contributed by atoms with E-state index in [0.717, 1.165) is 20.9 Å². The van der Waals surface area contributed by atoms with Gasteiger partial charge in [-0.2, -0.15) is 0 Å². The first kappa shape index (κ1) is 13.6. The lowest BCUT2D eigenvalue weighted by molar-refractivity contribution is 0.414.